The van der Waals surface area contributed by atoms with E-state index in [1.54, 1.807) is 0 Å². The smallest absolute Gasteiger partial charge is 0.408 e. The van der Waals surface area contributed by atoms with Gasteiger partial charge in [-0.2, -0.15) is 0 Å². The number of carbonyl (C=O) groups excluding carboxylic acids is 3. The molecule has 7 nitrogen and oxygen atoms in total. The Morgan fingerprint density at radius 1 is 0.935 bits per heavy atom. The molecule has 0 aromatic heterocycles. The molecule has 2 aromatic carbocycles. The molecular weight excluding hydrogens is 394 g/mol. The fraction of sp³-hybridized carbons (Fsp3) is 0.292. The summed E-state index contributed by atoms with van der Waals surface area (Å²) in [6.07, 6.45) is 6.06. The number of terminal acetylenes is 1. The highest BCUT2D eigenvalue weighted by Gasteiger charge is 2.26. The van der Waals surface area contributed by atoms with Crippen molar-refractivity contribution in [2.24, 2.45) is 5.73 Å². The van der Waals surface area contributed by atoms with Crippen molar-refractivity contribution >= 4 is 17.9 Å². The van der Waals surface area contributed by atoms with Gasteiger partial charge in [0.1, 0.15) is 18.7 Å². The van der Waals surface area contributed by atoms with E-state index < -0.39 is 30.0 Å². The summed E-state index contributed by atoms with van der Waals surface area (Å²) in [7, 11) is 0. The lowest BCUT2D eigenvalue weighted by Gasteiger charge is -2.22. The normalized spacial score (nSPS) is 12.1. The number of carbonyl (C=O) groups is 3. The fourth-order valence-corrected chi connectivity index (χ4v) is 2.93. The zero-order chi connectivity index (χ0) is 22.5. The zero-order valence-corrected chi connectivity index (χ0v) is 17.3. The Morgan fingerprint density at radius 3 is 2.13 bits per heavy atom. The van der Waals surface area contributed by atoms with Crippen molar-refractivity contribution in [3.05, 3.63) is 71.8 Å². The van der Waals surface area contributed by atoms with Crippen LogP contribution in [0.1, 0.15) is 30.4 Å². The number of benzene rings is 2. The first-order valence-electron chi connectivity index (χ1n) is 10.0. The number of nitrogens with two attached hydrogens (primary N) is 1. The predicted molar refractivity (Wildman–Crippen MR) is 118 cm³/mol. The average Bonchev–Trinajstić information content (AvgIpc) is 2.78. The van der Waals surface area contributed by atoms with Gasteiger partial charge in [-0.1, -0.05) is 60.7 Å². The molecule has 0 aliphatic heterocycles. The lowest BCUT2D eigenvalue weighted by Crippen LogP contribution is -2.53. The molecule has 0 bridgehead atoms. The molecule has 7 heteroatoms. The molecule has 0 saturated heterocycles. The molecule has 0 heterocycles. The van der Waals surface area contributed by atoms with Gasteiger partial charge in [0, 0.05) is 12.8 Å². The van der Waals surface area contributed by atoms with E-state index in [0.29, 0.717) is 19.3 Å². The summed E-state index contributed by atoms with van der Waals surface area (Å²) >= 11 is 0. The summed E-state index contributed by atoms with van der Waals surface area (Å²) in [4.78, 5) is 36.9. The number of amides is 3. The first-order chi connectivity index (χ1) is 15.0. The molecule has 162 valence electrons. The fourth-order valence-electron chi connectivity index (χ4n) is 2.93. The van der Waals surface area contributed by atoms with Crippen LogP contribution in [0.25, 0.3) is 0 Å². The van der Waals surface area contributed by atoms with Gasteiger partial charge in [-0.15, -0.1) is 12.3 Å². The third-order valence-corrected chi connectivity index (χ3v) is 4.58. The minimum absolute atomic E-state index is 0.0718. The van der Waals surface area contributed by atoms with Gasteiger partial charge in [0.25, 0.3) is 0 Å². The summed E-state index contributed by atoms with van der Waals surface area (Å²) in [5.41, 5.74) is 7.08. The van der Waals surface area contributed by atoms with E-state index in [1.165, 1.54) is 0 Å². The topological polar surface area (TPSA) is 111 Å². The van der Waals surface area contributed by atoms with E-state index in [0.717, 1.165) is 11.1 Å². The molecule has 4 N–H and O–H groups in total. The predicted octanol–water partition coefficient (Wildman–Crippen LogP) is 2.30. The van der Waals surface area contributed by atoms with Crippen LogP contribution in [0.4, 0.5) is 4.79 Å². The van der Waals surface area contributed by atoms with Crippen LogP contribution in [0.5, 0.6) is 0 Å². The molecule has 0 unspecified atom stereocenters. The van der Waals surface area contributed by atoms with E-state index in [-0.39, 0.29) is 13.0 Å². The molecule has 2 aromatic rings. The van der Waals surface area contributed by atoms with Gasteiger partial charge in [-0.25, -0.2) is 4.79 Å². The highest BCUT2D eigenvalue weighted by atomic mass is 16.5. The van der Waals surface area contributed by atoms with Crippen LogP contribution < -0.4 is 16.4 Å². The van der Waals surface area contributed by atoms with Crippen molar-refractivity contribution < 1.29 is 19.1 Å². The first-order valence-corrected chi connectivity index (χ1v) is 10.0. The van der Waals surface area contributed by atoms with Crippen LogP contribution in [-0.4, -0.2) is 30.0 Å². The van der Waals surface area contributed by atoms with Crippen LogP contribution in [-0.2, 0) is 27.4 Å². The average molecular weight is 421 g/mol. The number of rotatable bonds is 11. The van der Waals surface area contributed by atoms with E-state index in [1.807, 2.05) is 60.7 Å². The monoisotopic (exact) mass is 421 g/mol. The maximum Gasteiger partial charge on any atom is 0.408 e. The number of hydrogen-bond donors (Lipinski definition) is 3. The summed E-state index contributed by atoms with van der Waals surface area (Å²) in [6.45, 7) is 0.0718. The van der Waals surface area contributed by atoms with Gasteiger partial charge >= 0.3 is 6.09 Å². The highest BCUT2D eigenvalue weighted by molar-refractivity contribution is 5.90. The molecule has 0 spiro atoms. The molecule has 2 rings (SSSR count). The van der Waals surface area contributed by atoms with E-state index in [4.69, 9.17) is 16.9 Å². The Labute approximate surface area is 182 Å². The highest BCUT2D eigenvalue weighted by Crippen LogP contribution is 2.07. The summed E-state index contributed by atoms with van der Waals surface area (Å²) < 4.78 is 5.23. The molecule has 0 aliphatic rings. The molecule has 2 atom stereocenters. The van der Waals surface area contributed by atoms with E-state index in [9.17, 15) is 14.4 Å². The standard InChI is InChI=1S/C24H27N3O4/c1-2-3-6-15-20(22(25)28)26-23(29)21(16-18-11-7-4-8-12-18)27-24(30)31-17-19-13-9-5-10-14-19/h1,4-5,7-14,20-21H,3,6,15-17H2,(H2,25,28)(H,26,29)(H,27,30)/t20-,21-/m1/s1. The minimum Gasteiger partial charge on any atom is -0.445 e. The maximum absolute atomic E-state index is 12.9. The van der Waals surface area contributed by atoms with Gasteiger partial charge in [-0.05, 0) is 24.0 Å². The molecule has 0 fully saturated rings. The molecule has 0 aliphatic carbocycles. The van der Waals surface area contributed by atoms with Crippen LogP contribution in [0, 0.1) is 12.3 Å². The lowest BCUT2D eigenvalue weighted by molar-refractivity contribution is -0.128. The second-order valence-electron chi connectivity index (χ2n) is 7.01. The Balaban J connectivity index is 2.04. The van der Waals surface area contributed by atoms with Crippen molar-refractivity contribution in [2.45, 2.75) is 44.4 Å². The van der Waals surface area contributed by atoms with Crippen LogP contribution in [0.15, 0.2) is 60.7 Å². The number of unbranched alkanes of at least 4 members (excludes halogenated alkanes) is 1. The summed E-state index contributed by atoms with van der Waals surface area (Å²) in [5, 5.41) is 5.21. The number of ether oxygens (including phenoxy) is 1. The van der Waals surface area contributed by atoms with Crippen LogP contribution >= 0.6 is 0 Å². The van der Waals surface area contributed by atoms with Gasteiger partial charge in [0.15, 0.2) is 0 Å². The van der Waals surface area contributed by atoms with Crippen molar-refractivity contribution in [2.75, 3.05) is 0 Å². The number of nitrogens with one attached hydrogen (secondary N) is 2. The van der Waals surface area contributed by atoms with E-state index >= 15 is 0 Å². The quantitative estimate of drug-likeness (QED) is 0.382. The number of alkyl carbamates (subject to hydrolysis) is 1. The molecule has 3 amide bonds. The van der Waals surface area contributed by atoms with Crippen LogP contribution in [0.3, 0.4) is 0 Å². The van der Waals surface area contributed by atoms with Crippen molar-refractivity contribution in [3.63, 3.8) is 0 Å². The summed E-state index contributed by atoms with van der Waals surface area (Å²) in [6, 6.07) is 16.6. The van der Waals surface area contributed by atoms with Gasteiger partial charge in [0.2, 0.25) is 11.8 Å². The molecule has 0 radical (unpaired) electrons. The summed E-state index contributed by atoms with van der Waals surface area (Å²) in [5.74, 6) is 1.31. The SMILES string of the molecule is C#CCCC[C@@H](NC(=O)[C@@H](Cc1ccccc1)NC(=O)OCc1ccccc1)C(N)=O. The lowest BCUT2D eigenvalue weighted by atomic mass is 10.0. The van der Waals surface area contributed by atoms with Gasteiger partial charge in [0.05, 0.1) is 0 Å². The van der Waals surface area contributed by atoms with Gasteiger partial charge < -0.3 is 21.1 Å². The van der Waals surface area contributed by atoms with Crippen molar-refractivity contribution in [3.8, 4) is 12.3 Å². The van der Waals surface area contributed by atoms with Gasteiger partial charge in [-0.3, -0.25) is 9.59 Å². The van der Waals surface area contributed by atoms with Crippen molar-refractivity contribution in [1.29, 1.82) is 0 Å². The third-order valence-electron chi connectivity index (χ3n) is 4.58. The molecular formula is C24H27N3O4. The maximum atomic E-state index is 12.9. The Morgan fingerprint density at radius 2 is 1.55 bits per heavy atom. The molecule has 31 heavy (non-hydrogen) atoms. The minimum atomic E-state index is -0.944. The first kappa shape index (κ1) is 23.5. The Hall–Kier alpha value is -3.79. The zero-order valence-electron chi connectivity index (χ0n) is 17.3. The number of hydrogen-bond acceptors (Lipinski definition) is 4. The van der Waals surface area contributed by atoms with Crippen molar-refractivity contribution in [1.82, 2.24) is 10.6 Å². The second-order valence-corrected chi connectivity index (χ2v) is 7.01. The Kier molecular flexibility index (Phi) is 9.63. The third kappa shape index (κ3) is 8.62. The second kappa shape index (κ2) is 12.7. The van der Waals surface area contributed by atoms with Crippen LogP contribution in [0.2, 0.25) is 0 Å². The Bertz CT molecular complexity index is 894. The molecule has 0 saturated carbocycles. The number of primary amides is 1. The largest absolute Gasteiger partial charge is 0.445 e. The van der Waals surface area contributed by atoms with E-state index in [2.05, 4.69) is 16.6 Å².